The lowest BCUT2D eigenvalue weighted by Crippen LogP contribution is -2.30. The van der Waals surface area contributed by atoms with Crippen LogP contribution < -0.4 is 5.32 Å². The third-order valence-electron chi connectivity index (χ3n) is 6.12. The van der Waals surface area contributed by atoms with Crippen LogP contribution in [0.1, 0.15) is 39.8 Å². The largest absolute Gasteiger partial charge is 0.449 e. The number of pyridine rings is 1. The number of para-hydroxylation sites is 1. The zero-order chi connectivity index (χ0) is 24.6. The smallest absolute Gasteiger partial charge is 0.339 e. The molecule has 1 aliphatic rings. The third kappa shape index (κ3) is 3.91. The Labute approximate surface area is 209 Å². The van der Waals surface area contributed by atoms with Crippen molar-refractivity contribution >= 4 is 62.7 Å². The van der Waals surface area contributed by atoms with Crippen molar-refractivity contribution in [3.63, 3.8) is 0 Å². The standard InChI is InChI=1S/C26H20N6O3S/c1-14(25(33)32-24-22-23(28-12-27-22)29-13-30-24)35-26(34)20-17-6-2-3-7-19(17)31-21-15(8-9-18(20)21)11-16-5-4-10-36-16/h2-7,10-14H,8-9H2,1H3,(H2,27,28,29,30,32,33)/b15-11-. The Kier molecular flexibility index (Phi) is 5.49. The van der Waals surface area contributed by atoms with E-state index in [1.54, 1.807) is 11.3 Å². The van der Waals surface area contributed by atoms with Crippen LogP contribution in [0.2, 0.25) is 0 Å². The average molecular weight is 497 g/mol. The molecule has 1 amide bonds. The van der Waals surface area contributed by atoms with Crippen LogP contribution in [0.25, 0.3) is 33.7 Å². The predicted molar refractivity (Wildman–Crippen MR) is 137 cm³/mol. The Morgan fingerprint density at radius 3 is 2.89 bits per heavy atom. The number of aromatic amines is 1. The van der Waals surface area contributed by atoms with E-state index in [1.165, 1.54) is 19.6 Å². The predicted octanol–water partition coefficient (Wildman–Crippen LogP) is 4.63. The van der Waals surface area contributed by atoms with Gasteiger partial charge >= 0.3 is 5.97 Å². The quantitative estimate of drug-likeness (QED) is 0.340. The fourth-order valence-corrected chi connectivity index (χ4v) is 5.09. The molecule has 10 heteroatoms. The van der Waals surface area contributed by atoms with E-state index in [0.29, 0.717) is 34.1 Å². The number of nitrogens with one attached hydrogen (secondary N) is 2. The summed E-state index contributed by atoms with van der Waals surface area (Å²) in [5.74, 6) is -0.797. The summed E-state index contributed by atoms with van der Waals surface area (Å²) < 4.78 is 5.67. The highest BCUT2D eigenvalue weighted by Gasteiger charge is 2.29. The second-order valence-corrected chi connectivity index (χ2v) is 9.36. The Morgan fingerprint density at radius 1 is 1.14 bits per heavy atom. The van der Waals surface area contributed by atoms with Crippen molar-refractivity contribution in [1.29, 1.82) is 0 Å². The number of ether oxygens (including phenoxy) is 1. The zero-order valence-corrected chi connectivity index (χ0v) is 20.0. The van der Waals surface area contributed by atoms with Crippen LogP contribution in [0.3, 0.4) is 0 Å². The fraction of sp³-hybridized carbons (Fsp3) is 0.154. The topological polar surface area (TPSA) is 123 Å². The number of carbonyl (C=O) groups is 2. The summed E-state index contributed by atoms with van der Waals surface area (Å²) in [7, 11) is 0. The number of nitrogens with zero attached hydrogens (tertiary/aromatic N) is 4. The average Bonchev–Trinajstić information content (AvgIpc) is 3.65. The molecule has 0 bridgehead atoms. The molecule has 2 N–H and O–H groups in total. The van der Waals surface area contributed by atoms with Gasteiger partial charge in [-0.25, -0.2) is 24.7 Å². The number of hydrogen-bond donors (Lipinski definition) is 2. The molecule has 4 aromatic heterocycles. The molecule has 178 valence electrons. The van der Waals surface area contributed by atoms with Crippen LogP contribution in [0, 0.1) is 0 Å². The van der Waals surface area contributed by atoms with Gasteiger partial charge in [-0.15, -0.1) is 11.3 Å². The number of aromatic nitrogens is 5. The molecule has 0 saturated carbocycles. The molecule has 1 aliphatic carbocycles. The number of allylic oxidation sites excluding steroid dienone is 1. The summed E-state index contributed by atoms with van der Waals surface area (Å²) in [6.07, 6.45) is 5.30. The number of hydrogen-bond acceptors (Lipinski definition) is 8. The van der Waals surface area contributed by atoms with E-state index >= 15 is 0 Å². The minimum absolute atomic E-state index is 0.268. The number of anilines is 1. The van der Waals surface area contributed by atoms with Crippen LogP contribution in [-0.4, -0.2) is 42.9 Å². The molecule has 0 saturated heterocycles. The van der Waals surface area contributed by atoms with Gasteiger partial charge in [-0.2, -0.15) is 0 Å². The number of esters is 1. The molecule has 0 fully saturated rings. The van der Waals surface area contributed by atoms with Crippen molar-refractivity contribution in [2.24, 2.45) is 0 Å². The number of amides is 1. The van der Waals surface area contributed by atoms with E-state index < -0.39 is 18.0 Å². The van der Waals surface area contributed by atoms with Crippen molar-refractivity contribution in [3.8, 4) is 0 Å². The maximum atomic E-state index is 13.5. The molecule has 5 aromatic rings. The lowest BCUT2D eigenvalue weighted by atomic mass is 10.0. The summed E-state index contributed by atoms with van der Waals surface area (Å²) in [5.41, 5.74) is 4.84. The Balaban J connectivity index is 1.31. The van der Waals surface area contributed by atoms with Crippen molar-refractivity contribution in [2.75, 3.05) is 5.32 Å². The number of thiophene rings is 1. The van der Waals surface area contributed by atoms with Crippen LogP contribution in [0.15, 0.2) is 54.4 Å². The molecule has 0 radical (unpaired) electrons. The number of imidazole rings is 1. The van der Waals surface area contributed by atoms with E-state index in [-0.39, 0.29) is 5.82 Å². The van der Waals surface area contributed by atoms with Gasteiger partial charge in [-0.05, 0) is 54.5 Å². The van der Waals surface area contributed by atoms with Gasteiger partial charge in [0.05, 0.1) is 23.1 Å². The van der Waals surface area contributed by atoms with Crippen molar-refractivity contribution in [1.82, 2.24) is 24.9 Å². The number of carbonyl (C=O) groups excluding carboxylic acids is 2. The number of benzene rings is 1. The molecule has 1 aromatic carbocycles. The molecule has 1 unspecified atom stereocenters. The first-order valence-electron chi connectivity index (χ1n) is 11.4. The van der Waals surface area contributed by atoms with Crippen LogP contribution in [0.4, 0.5) is 5.82 Å². The van der Waals surface area contributed by atoms with Gasteiger partial charge in [0, 0.05) is 10.3 Å². The van der Waals surface area contributed by atoms with Gasteiger partial charge in [-0.1, -0.05) is 24.3 Å². The molecule has 4 heterocycles. The summed E-state index contributed by atoms with van der Waals surface area (Å²) >= 11 is 1.66. The van der Waals surface area contributed by atoms with Gasteiger partial charge in [0.1, 0.15) is 11.8 Å². The first-order valence-corrected chi connectivity index (χ1v) is 12.3. The molecule has 9 nitrogen and oxygen atoms in total. The minimum Gasteiger partial charge on any atom is -0.449 e. The summed E-state index contributed by atoms with van der Waals surface area (Å²) in [4.78, 5) is 47.5. The van der Waals surface area contributed by atoms with E-state index in [2.05, 4.69) is 37.4 Å². The molecule has 0 spiro atoms. The summed E-state index contributed by atoms with van der Waals surface area (Å²) in [6, 6.07) is 11.6. The first-order chi connectivity index (χ1) is 17.6. The normalized spacial score (nSPS) is 14.8. The van der Waals surface area contributed by atoms with Gasteiger partial charge < -0.3 is 15.0 Å². The van der Waals surface area contributed by atoms with Crippen molar-refractivity contribution in [2.45, 2.75) is 25.9 Å². The zero-order valence-electron chi connectivity index (χ0n) is 19.2. The summed E-state index contributed by atoms with van der Waals surface area (Å²) in [5, 5.41) is 5.43. The monoisotopic (exact) mass is 496 g/mol. The van der Waals surface area contributed by atoms with Crippen molar-refractivity contribution in [3.05, 3.63) is 76.1 Å². The second kappa shape index (κ2) is 8.97. The highest BCUT2D eigenvalue weighted by atomic mass is 32.1. The van der Waals surface area contributed by atoms with Gasteiger partial charge in [-0.3, -0.25) is 4.79 Å². The minimum atomic E-state index is -1.06. The van der Waals surface area contributed by atoms with E-state index in [9.17, 15) is 9.59 Å². The highest BCUT2D eigenvalue weighted by molar-refractivity contribution is 7.10. The van der Waals surface area contributed by atoms with Crippen molar-refractivity contribution < 1.29 is 14.3 Å². The lowest BCUT2D eigenvalue weighted by Gasteiger charge is -2.16. The summed E-state index contributed by atoms with van der Waals surface area (Å²) in [6.45, 7) is 1.53. The Hall–Kier alpha value is -4.44. The molecule has 36 heavy (non-hydrogen) atoms. The van der Waals surface area contributed by atoms with Crippen LogP contribution in [0.5, 0.6) is 0 Å². The van der Waals surface area contributed by atoms with Crippen LogP contribution >= 0.6 is 11.3 Å². The second-order valence-electron chi connectivity index (χ2n) is 8.38. The Bertz CT molecular complexity index is 1660. The molecule has 0 aliphatic heterocycles. The highest BCUT2D eigenvalue weighted by Crippen LogP contribution is 2.38. The first kappa shape index (κ1) is 22.1. The molecular formula is C26H20N6O3S. The van der Waals surface area contributed by atoms with E-state index in [4.69, 9.17) is 9.72 Å². The number of fused-ring (bicyclic) bond motifs is 3. The lowest BCUT2D eigenvalue weighted by molar-refractivity contribution is -0.123. The van der Waals surface area contributed by atoms with Crippen LogP contribution in [-0.2, 0) is 16.0 Å². The SMILES string of the molecule is CC(OC(=O)c1c2c(nc3ccccc13)/C(=C\c1cccs1)CC2)C(=O)Nc1ncnc2nc[nH]c12. The molecule has 6 rings (SSSR count). The fourth-order valence-electron chi connectivity index (χ4n) is 4.41. The van der Waals surface area contributed by atoms with Gasteiger partial charge in [0.15, 0.2) is 17.6 Å². The van der Waals surface area contributed by atoms with Gasteiger partial charge in [0.2, 0.25) is 0 Å². The Morgan fingerprint density at radius 2 is 2.03 bits per heavy atom. The molecule has 1 atom stereocenters. The maximum Gasteiger partial charge on any atom is 0.339 e. The van der Waals surface area contributed by atoms with E-state index in [0.717, 1.165) is 28.1 Å². The number of rotatable bonds is 5. The van der Waals surface area contributed by atoms with E-state index in [1.807, 2.05) is 35.7 Å². The van der Waals surface area contributed by atoms with Gasteiger partial charge in [0.25, 0.3) is 5.91 Å². The number of H-pyrrole nitrogens is 1. The maximum absolute atomic E-state index is 13.5. The molecular weight excluding hydrogens is 476 g/mol. The third-order valence-corrected chi connectivity index (χ3v) is 6.94.